The first-order valence-corrected chi connectivity index (χ1v) is 11.8. The third-order valence-corrected chi connectivity index (χ3v) is 6.81. The Morgan fingerprint density at radius 2 is 1.94 bits per heavy atom. The summed E-state index contributed by atoms with van der Waals surface area (Å²) in [5.74, 6) is 2.01. The molecule has 0 bridgehead atoms. The van der Waals surface area contributed by atoms with Crippen molar-refractivity contribution in [2.75, 3.05) is 25.1 Å². The first-order valence-electron chi connectivity index (χ1n) is 11.8. The molecule has 34 heavy (non-hydrogen) atoms. The first-order chi connectivity index (χ1) is 16.5. The summed E-state index contributed by atoms with van der Waals surface area (Å²) >= 11 is 0. The Balaban J connectivity index is 1.60. The zero-order valence-corrected chi connectivity index (χ0v) is 19.5. The molecule has 8 heteroatoms. The zero-order chi connectivity index (χ0) is 23.7. The molecule has 0 radical (unpaired) electrons. The van der Waals surface area contributed by atoms with Crippen LogP contribution < -0.4 is 19.7 Å². The number of methoxy groups -OCH3 is 1. The minimum absolute atomic E-state index is 0.0943. The Bertz CT molecular complexity index is 1190. The van der Waals surface area contributed by atoms with Gasteiger partial charge in [0.15, 0.2) is 0 Å². The average Bonchev–Trinajstić information content (AvgIpc) is 3.34. The highest BCUT2D eigenvalue weighted by Gasteiger charge is 2.32. The van der Waals surface area contributed by atoms with Gasteiger partial charge < -0.3 is 19.9 Å². The third kappa shape index (κ3) is 4.21. The molecule has 0 saturated carbocycles. The maximum Gasteiger partial charge on any atom is 0.412 e. The summed E-state index contributed by atoms with van der Waals surface area (Å²) in [6, 6.07) is 11.6. The van der Waals surface area contributed by atoms with Crippen LogP contribution in [-0.2, 0) is 6.42 Å². The van der Waals surface area contributed by atoms with Gasteiger partial charge in [0.1, 0.15) is 17.2 Å². The lowest BCUT2D eigenvalue weighted by molar-refractivity contribution is 0.198. The summed E-state index contributed by atoms with van der Waals surface area (Å²) in [4.78, 5) is 13.5. The molecule has 0 aliphatic carbocycles. The quantitative estimate of drug-likeness (QED) is 0.549. The highest BCUT2D eigenvalue weighted by molar-refractivity contribution is 5.91. The molecule has 5 rings (SSSR count). The van der Waals surface area contributed by atoms with Crippen molar-refractivity contribution < 1.29 is 19.4 Å². The van der Waals surface area contributed by atoms with Crippen LogP contribution >= 0.6 is 0 Å². The number of amides is 1. The normalized spacial score (nSPS) is 18.4. The lowest BCUT2D eigenvalue weighted by atomic mass is 9.92. The fraction of sp³-hybridized carbons (Fsp3) is 0.385. The SMILES string of the molecule is COc1cccc(Oc2c(-c3cnn(C4CCNCC4)c3)ccc3c2CC[C@H](C)N3C(=O)O)c1. The Morgan fingerprint density at radius 3 is 2.71 bits per heavy atom. The van der Waals surface area contributed by atoms with Crippen LogP contribution in [0, 0.1) is 0 Å². The maximum atomic E-state index is 12.1. The molecule has 0 unspecified atom stereocenters. The molecule has 1 saturated heterocycles. The van der Waals surface area contributed by atoms with Gasteiger partial charge >= 0.3 is 6.09 Å². The van der Waals surface area contributed by atoms with E-state index in [1.165, 1.54) is 4.90 Å². The van der Waals surface area contributed by atoms with Crippen molar-refractivity contribution in [2.24, 2.45) is 0 Å². The fourth-order valence-electron chi connectivity index (χ4n) is 4.97. The van der Waals surface area contributed by atoms with E-state index in [0.717, 1.165) is 55.5 Å². The summed E-state index contributed by atoms with van der Waals surface area (Å²) in [5, 5.41) is 18.0. The van der Waals surface area contributed by atoms with E-state index in [9.17, 15) is 9.90 Å². The van der Waals surface area contributed by atoms with E-state index in [1.54, 1.807) is 7.11 Å². The molecule has 1 fully saturated rings. The van der Waals surface area contributed by atoms with Gasteiger partial charge in [-0.05, 0) is 70.0 Å². The van der Waals surface area contributed by atoms with Gasteiger partial charge in [-0.2, -0.15) is 5.10 Å². The van der Waals surface area contributed by atoms with E-state index >= 15 is 0 Å². The monoisotopic (exact) mass is 462 g/mol. The highest BCUT2D eigenvalue weighted by atomic mass is 16.5. The number of carbonyl (C=O) groups is 1. The molecule has 178 valence electrons. The number of ether oxygens (including phenoxy) is 2. The summed E-state index contributed by atoms with van der Waals surface area (Å²) < 4.78 is 13.9. The molecule has 2 N–H and O–H groups in total. The number of piperidine rings is 1. The van der Waals surface area contributed by atoms with E-state index in [1.807, 2.05) is 49.5 Å². The van der Waals surface area contributed by atoms with Crippen LogP contribution in [0.3, 0.4) is 0 Å². The number of fused-ring (bicyclic) bond motifs is 1. The average molecular weight is 463 g/mol. The molecular weight excluding hydrogens is 432 g/mol. The van der Waals surface area contributed by atoms with Crippen molar-refractivity contribution in [3.63, 3.8) is 0 Å². The summed E-state index contributed by atoms with van der Waals surface area (Å²) in [6.45, 7) is 3.93. The summed E-state index contributed by atoms with van der Waals surface area (Å²) in [5.41, 5.74) is 3.44. The molecule has 1 aromatic heterocycles. The van der Waals surface area contributed by atoms with Gasteiger partial charge in [0.2, 0.25) is 0 Å². The van der Waals surface area contributed by atoms with Crippen LogP contribution in [0.2, 0.25) is 0 Å². The Labute approximate surface area is 199 Å². The van der Waals surface area contributed by atoms with Crippen LogP contribution in [-0.4, -0.2) is 47.2 Å². The second kappa shape index (κ2) is 9.38. The first kappa shape index (κ1) is 22.3. The minimum Gasteiger partial charge on any atom is -0.497 e. The lowest BCUT2D eigenvalue weighted by Crippen LogP contribution is -2.41. The van der Waals surface area contributed by atoms with Crippen LogP contribution in [0.4, 0.5) is 10.5 Å². The van der Waals surface area contributed by atoms with Crippen molar-refractivity contribution >= 4 is 11.8 Å². The number of nitrogens with zero attached hydrogens (tertiary/aromatic N) is 3. The fourth-order valence-corrected chi connectivity index (χ4v) is 4.97. The molecule has 1 amide bonds. The van der Waals surface area contributed by atoms with Crippen molar-refractivity contribution in [1.29, 1.82) is 0 Å². The molecule has 3 heterocycles. The topological polar surface area (TPSA) is 88.9 Å². The molecular formula is C26H30N4O4. The van der Waals surface area contributed by atoms with Crippen LogP contribution in [0.25, 0.3) is 11.1 Å². The smallest absolute Gasteiger partial charge is 0.412 e. The number of nitrogens with one attached hydrogen (secondary N) is 1. The van der Waals surface area contributed by atoms with Crippen molar-refractivity contribution in [1.82, 2.24) is 15.1 Å². The van der Waals surface area contributed by atoms with E-state index in [2.05, 4.69) is 21.3 Å². The van der Waals surface area contributed by atoms with E-state index in [-0.39, 0.29) is 6.04 Å². The summed E-state index contributed by atoms with van der Waals surface area (Å²) in [7, 11) is 1.62. The maximum absolute atomic E-state index is 12.1. The Morgan fingerprint density at radius 1 is 1.15 bits per heavy atom. The second-order valence-electron chi connectivity index (χ2n) is 8.95. The highest BCUT2D eigenvalue weighted by Crippen LogP contribution is 2.45. The molecule has 2 aliphatic rings. The van der Waals surface area contributed by atoms with Gasteiger partial charge in [-0.15, -0.1) is 0 Å². The summed E-state index contributed by atoms with van der Waals surface area (Å²) in [6.07, 6.45) is 6.56. The Kier molecular flexibility index (Phi) is 6.15. The van der Waals surface area contributed by atoms with E-state index in [0.29, 0.717) is 29.0 Å². The van der Waals surface area contributed by atoms with Gasteiger partial charge in [-0.1, -0.05) is 6.07 Å². The van der Waals surface area contributed by atoms with Crippen LogP contribution in [0.1, 0.15) is 37.8 Å². The zero-order valence-electron chi connectivity index (χ0n) is 19.5. The van der Waals surface area contributed by atoms with Gasteiger partial charge in [-0.25, -0.2) is 4.79 Å². The standard InChI is InChI=1S/C26H30N4O4/c1-17-6-7-23-24(30(17)26(31)32)9-8-22(25(23)34-21-5-3-4-20(14-21)33-2)18-15-28-29(16-18)19-10-12-27-13-11-19/h3-5,8-9,14-17,19,27H,6-7,10-13H2,1-2H3,(H,31,32)/t17-/m0/s1. The van der Waals surface area contributed by atoms with Crippen molar-refractivity contribution in [3.05, 3.63) is 54.4 Å². The number of carboxylic acid groups (broad SMARTS) is 1. The number of rotatable bonds is 5. The number of anilines is 1. The van der Waals surface area contributed by atoms with Gasteiger partial charge in [-0.3, -0.25) is 9.58 Å². The lowest BCUT2D eigenvalue weighted by Gasteiger charge is -2.34. The number of benzene rings is 2. The molecule has 2 aliphatic heterocycles. The molecule has 1 atom stereocenters. The second-order valence-corrected chi connectivity index (χ2v) is 8.95. The Hall–Kier alpha value is -3.52. The largest absolute Gasteiger partial charge is 0.497 e. The van der Waals surface area contributed by atoms with E-state index in [4.69, 9.17) is 9.47 Å². The molecule has 2 aromatic carbocycles. The minimum atomic E-state index is -0.952. The van der Waals surface area contributed by atoms with Gasteiger partial charge in [0.05, 0.1) is 25.0 Å². The van der Waals surface area contributed by atoms with Crippen LogP contribution in [0.15, 0.2) is 48.8 Å². The van der Waals surface area contributed by atoms with Gasteiger partial charge in [0, 0.05) is 35.0 Å². The molecule has 8 nitrogen and oxygen atoms in total. The van der Waals surface area contributed by atoms with Crippen molar-refractivity contribution in [2.45, 2.75) is 44.7 Å². The number of hydrogen-bond acceptors (Lipinski definition) is 5. The predicted octanol–water partition coefficient (Wildman–Crippen LogP) is 5.09. The van der Waals surface area contributed by atoms with Crippen molar-refractivity contribution in [3.8, 4) is 28.4 Å². The number of hydrogen-bond donors (Lipinski definition) is 2. The molecule has 3 aromatic rings. The van der Waals surface area contributed by atoms with E-state index < -0.39 is 6.09 Å². The molecule has 0 spiro atoms. The van der Waals surface area contributed by atoms with Crippen LogP contribution in [0.5, 0.6) is 17.2 Å². The predicted molar refractivity (Wildman–Crippen MR) is 130 cm³/mol. The van der Waals surface area contributed by atoms with Gasteiger partial charge in [0.25, 0.3) is 0 Å². The third-order valence-electron chi connectivity index (χ3n) is 6.81. The number of aromatic nitrogens is 2.